The maximum atomic E-state index is 12.4. The summed E-state index contributed by atoms with van der Waals surface area (Å²) in [5.74, 6) is 1.42. The molecule has 2 aliphatic rings. The summed E-state index contributed by atoms with van der Waals surface area (Å²) in [6, 6.07) is 0.249. The van der Waals surface area contributed by atoms with Gasteiger partial charge in [0, 0.05) is 25.6 Å². The summed E-state index contributed by atoms with van der Waals surface area (Å²) in [6.07, 6.45) is 6.56. The Bertz CT molecular complexity index is 321. The van der Waals surface area contributed by atoms with Crippen LogP contribution in [0.25, 0.3) is 0 Å². The third-order valence-corrected chi connectivity index (χ3v) is 5.17. The van der Waals surface area contributed by atoms with Crippen LogP contribution in [0.4, 0.5) is 0 Å². The number of rotatable bonds is 2. The lowest BCUT2D eigenvalue weighted by molar-refractivity contribution is -0.131. The van der Waals surface area contributed by atoms with E-state index in [1.54, 1.807) is 0 Å². The Kier molecular flexibility index (Phi) is 4.54. The minimum Gasteiger partial charge on any atom is -0.342 e. The maximum absolute atomic E-state index is 12.4. The van der Waals surface area contributed by atoms with E-state index in [4.69, 9.17) is 5.73 Å². The van der Waals surface area contributed by atoms with Crippen LogP contribution in [0.5, 0.6) is 0 Å². The van der Waals surface area contributed by atoms with Crippen LogP contribution in [0, 0.1) is 17.3 Å². The third-order valence-electron chi connectivity index (χ3n) is 5.17. The highest BCUT2D eigenvalue weighted by atomic mass is 16.2. The number of carbonyl (C=O) groups is 1. The van der Waals surface area contributed by atoms with Gasteiger partial charge in [-0.2, -0.15) is 0 Å². The van der Waals surface area contributed by atoms with Gasteiger partial charge >= 0.3 is 0 Å². The highest BCUT2D eigenvalue weighted by Gasteiger charge is 2.35. The zero-order valence-electron chi connectivity index (χ0n) is 12.8. The van der Waals surface area contributed by atoms with Crippen molar-refractivity contribution in [3.8, 4) is 0 Å². The molecular weight excluding hydrogens is 236 g/mol. The van der Waals surface area contributed by atoms with Crippen LogP contribution in [-0.4, -0.2) is 29.9 Å². The summed E-state index contributed by atoms with van der Waals surface area (Å²) in [5.41, 5.74) is 6.47. The smallest absolute Gasteiger partial charge is 0.222 e. The summed E-state index contributed by atoms with van der Waals surface area (Å²) >= 11 is 0. The van der Waals surface area contributed by atoms with E-state index in [1.807, 2.05) is 0 Å². The summed E-state index contributed by atoms with van der Waals surface area (Å²) in [6.45, 7) is 8.74. The monoisotopic (exact) mass is 266 g/mol. The van der Waals surface area contributed by atoms with Gasteiger partial charge in [-0.1, -0.05) is 33.6 Å². The van der Waals surface area contributed by atoms with Gasteiger partial charge < -0.3 is 10.6 Å². The molecule has 3 atom stereocenters. The van der Waals surface area contributed by atoms with E-state index >= 15 is 0 Å². The summed E-state index contributed by atoms with van der Waals surface area (Å²) in [7, 11) is 0. The predicted octanol–water partition coefficient (Wildman–Crippen LogP) is 2.79. The maximum Gasteiger partial charge on any atom is 0.222 e. The molecule has 3 heteroatoms. The van der Waals surface area contributed by atoms with Gasteiger partial charge in [0.2, 0.25) is 5.91 Å². The molecule has 2 rings (SSSR count). The van der Waals surface area contributed by atoms with Crippen LogP contribution < -0.4 is 5.73 Å². The second kappa shape index (κ2) is 5.82. The Labute approximate surface area is 117 Å². The first-order chi connectivity index (χ1) is 8.88. The van der Waals surface area contributed by atoms with Crippen LogP contribution in [0.2, 0.25) is 0 Å². The first-order valence-electron chi connectivity index (χ1n) is 7.91. The number of hydrogen-bond donors (Lipinski definition) is 1. The highest BCUT2D eigenvalue weighted by Crippen LogP contribution is 2.34. The van der Waals surface area contributed by atoms with E-state index < -0.39 is 0 Å². The van der Waals surface area contributed by atoms with E-state index in [1.165, 1.54) is 12.8 Å². The Balaban J connectivity index is 1.84. The lowest BCUT2D eigenvalue weighted by Gasteiger charge is -2.30. The molecule has 3 nitrogen and oxygen atoms in total. The molecule has 0 radical (unpaired) electrons. The Hall–Kier alpha value is -0.570. The van der Waals surface area contributed by atoms with Crippen molar-refractivity contribution in [3.63, 3.8) is 0 Å². The molecule has 1 saturated carbocycles. The van der Waals surface area contributed by atoms with Gasteiger partial charge in [-0.05, 0) is 36.5 Å². The molecule has 0 aromatic rings. The lowest BCUT2D eigenvalue weighted by Crippen LogP contribution is -2.38. The van der Waals surface area contributed by atoms with Crippen LogP contribution in [0.15, 0.2) is 0 Å². The number of nitrogens with zero attached hydrogens (tertiary/aromatic N) is 1. The average Bonchev–Trinajstić information content (AvgIpc) is 2.81. The van der Waals surface area contributed by atoms with Crippen molar-refractivity contribution < 1.29 is 4.79 Å². The van der Waals surface area contributed by atoms with Crippen LogP contribution >= 0.6 is 0 Å². The number of nitrogens with two attached hydrogens (primary N) is 1. The molecule has 1 heterocycles. The number of likely N-dealkylation sites (tertiary alicyclic amines) is 1. The number of carbonyl (C=O) groups excluding carboxylic acids is 1. The fraction of sp³-hybridized carbons (Fsp3) is 0.938. The molecule has 0 bridgehead atoms. The van der Waals surface area contributed by atoms with Crippen LogP contribution in [0.1, 0.15) is 59.3 Å². The fourth-order valence-electron chi connectivity index (χ4n) is 3.54. The molecular formula is C16H30N2O. The summed E-state index contributed by atoms with van der Waals surface area (Å²) < 4.78 is 0. The van der Waals surface area contributed by atoms with E-state index in [0.29, 0.717) is 29.6 Å². The van der Waals surface area contributed by atoms with Crippen LogP contribution in [0.3, 0.4) is 0 Å². The molecule has 0 aromatic heterocycles. The fourth-order valence-corrected chi connectivity index (χ4v) is 3.54. The Morgan fingerprint density at radius 1 is 1.21 bits per heavy atom. The molecule has 0 aromatic carbocycles. The topological polar surface area (TPSA) is 46.3 Å². The van der Waals surface area contributed by atoms with Gasteiger partial charge in [0.25, 0.3) is 0 Å². The van der Waals surface area contributed by atoms with E-state index in [-0.39, 0.29) is 6.04 Å². The molecule has 2 fully saturated rings. The van der Waals surface area contributed by atoms with Crippen LogP contribution in [-0.2, 0) is 4.79 Å². The highest BCUT2D eigenvalue weighted by molar-refractivity contribution is 5.76. The minimum absolute atomic E-state index is 0.249. The second-order valence-corrected chi connectivity index (χ2v) is 7.60. The summed E-state index contributed by atoms with van der Waals surface area (Å²) in [5, 5.41) is 0. The molecule has 1 amide bonds. The predicted molar refractivity (Wildman–Crippen MR) is 78.7 cm³/mol. The molecule has 2 N–H and O–H groups in total. The SMILES string of the molecule is CC(C)(C)C1CCN(C(=O)CC2CCCCC2N)C1. The van der Waals surface area contributed by atoms with Crippen molar-refractivity contribution in [1.29, 1.82) is 0 Å². The standard InChI is InChI=1S/C16H30N2O/c1-16(2,3)13-8-9-18(11-13)15(19)10-12-6-4-5-7-14(12)17/h12-14H,4-11,17H2,1-3H3. The van der Waals surface area contributed by atoms with Crippen molar-refractivity contribution in [1.82, 2.24) is 4.90 Å². The minimum atomic E-state index is 0.249. The number of amides is 1. The summed E-state index contributed by atoms with van der Waals surface area (Å²) in [4.78, 5) is 14.5. The normalized spacial score (nSPS) is 32.6. The zero-order chi connectivity index (χ0) is 14.0. The van der Waals surface area contributed by atoms with Gasteiger partial charge in [-0.15, -0.1) is 0 Å². The van der Waals surface area contributed by atoms with Crippen molar-refractivity contribution in [2.45, 2.75) is 65.3 Å². The molecule has 19 heavy (non-hydrogen) atoms. The molecule has 1 saturated heterocycles. The largest absolute Gasteiger partial charge is 0.342 e. The van der Waals surface area contributed by atoms with Gasteiger partial charge in [0.05, 0.1) is 0 Å². The lowest BCUT2D eigenvalue weighted by atomic mass is 9.80. The average molecular weight is 266 g/mol. The number of hydrogen-bond acceptors (Lipinski definition) is 2. The van der Waals surface area contributed by atoms with Crippen molar-refractivity contribution in [2.24, 2.45) is 23.0 Å². The third kappa shape index (κ3) is 3.71. The molecule has 1 aliphatic carbocycles. The van der Waals surface area contributed by atoms with Gasteiger partial charge in [0.1, 0.15) is 0 Å². The van der Waals surface area contributed by atoms with Crippen molar-refractivity contribution in [3.05, 3.63) is 0 Å². The Morgan fingerprint density at radius 3 is 2.47 bits per heavy atom. The van der Waals surface area contributed by atoms with Crippen molar-refractivity contribution in [2.75, 3.05) is 13.1 Å². The van der Waals surface area contributed by atoms with Gasteiger partial charge in [0.15, 0.2) is 0 Å². The molecule has 1 aliphatic heterocycles. The van der Waals surface area contributed by atoms with E-state index in [9.17, 15) is 4.79 Å². The molecule has 3 unspecified atom stereocenters. The quantitative estimate of drug-likeness (QED) is 0.835. The zero-order valence-corrected chi connectivity index (χ0v) is 12.8. The van der Waals surface area contributed by atoms with Gasteiger partial charge in [-0.25, -0.2) is 0 Å². The van der Waals surface area contributed by atoms with Crippen molar-refractivity contribution >= 4 is 5.91 Å². The second-order valence-electron chi connectivity index (χ2n) is 7.60. The first kappa shape index (κ1) is 14.8. The first-order valence-corrected chi connectivity index (χ1v) is 7.91. The Morgan fingerprint density at radius 2 is 1.89 bits per heavy atom. The molecule has 110 valence electrons. The van der Waals surface area contributed by atoms with E-state index in [2.05, 4.69) is 25.7 Å². The van der Waals surface area contributed by atoms with E-state index in [0.717, 1.165) is 32.4 Å². The molecule has 0 spiro atoms. The van der Waals surface area contributed by atoms with Gasteiger partial charge in [-0.3, -0.25) is 4.79 Å².